The van der Waals surface area contributed by atoms with Crippen LogP contribution in [0.25, 0.3) is 0 Å². The van der Waals surface area contributed by atoms with E-state index in [1.54, 1.807) is 0 Å². The lowest BCUT2D eigenvalue weighted by Gasteiger charge is -2.27. The minimum atomic E-state index is 0. The van der Waals surface area contributed by atoms with Crippen LogP contribution in [0.15, 0.2) is 22.5 Å². The highest BCUT2D eigenvalue weighted by Gasteiger charge is 2.24. The lowest BCUT2D eigenvalue weighted by atomic mass is 10.2. The Kier molecular flexibility index (Phi) is 10.9. The van der Waals surface area contributed by atoms with Gasteiger partial charge < -0.3 is 15.5 Å². The van der Waals surface area contributed by atoms with Crippen molar-refractivity contribution in [2.24, 2.45) is 4.99 Å². The van der Waals surface area contributed by atoms with Crippen LogP contribution in [0.3, 0.4) is 0 Å². The van der Waals surface area contributed by atoms with Crippen LogP contribution in [0.1, 0.15) is 30.2 Å². The molecule has 1 unspecified atom stereocenters. The first-order valence-electron chi connectivity index (χ1n) is 8.57. The van der Waals surface area contributed by atoms with Gasteiger partial charge in [-0.05, 0) is 64.4 Å². The lowest BCUT2D eigenvalue weighted by molar-refractivity contribution is 0.249. The first-order chi connectivity index (χ1) is 11.2. The van der Waals surface area contributed by atoms with Gasteiger partial charge in [0.15, 0.2) is 5.96 Å². The summed E-state index contributed by atoms with van der Waals surface area (Å²) in [5.74, 6) is 0.907. The van der Waals surface area contributed by atoms with E-state index >= 15 is 0 Å². The Morgan fingerprint density at radius 1 is 1.33 bits per heavy atom. The molecular weight excluding hydrogens is 433 g/mol. The summed E-state index contributed by atoms with van der Waals surface area (Å²) in [5, 5.41) is 9.10. The molecule has 0 spiro atoms. The second-order valence-electron chi connectivity index (χ2n) is 6.31. The van der Waals surface area contributed by atoms with Crippen LogP contribution in [0.2, 0.25) is 0 Å². The lowest BCUT2D eigenvalue weighted by Crippen LogP contribution is -2.43. The molecule has 1 atom stereocenters. The molecule has 138 valence electrons. The summed E-state index contributed by atoms with van der Waals surface area (Å²) in [6.45, 7) is 5.37. The normalized spacial score (nSPS) is 16.9. The van der Waals surface area contributed by atoms with E-state index in [0.29, 0.717) is 6.04 Å². The number of hydrogen-bond acceptors (Lipinski definition) is 4. The Morgan fingerprint density at radius 2 is 2.08 bits per heavy atom. The van der Waals surface area contributed by atoms with Gasteiger partial charge in [0.25, 0.3) is 0 Å². The fourth-order valence-corrected chi connectivity index (χ4v) is 3.82. The molecule has 7 heteroatoms. The number of guanidine groups is 1. The molecule has 0 aliphatic carbocycles. The monoisotopic (exact) mass is 465 g/mol. The molecule has 1 saturated heterocycles. The number of likely N-dealkylation sites (tertiary alicyclic amines) is 1. The molecule has 0 amide bonds. The van der Waals surface area contributed by atoms with Crippen LogP contribution in [0.4, 0.5) is 0 Å². The molecule has 5 nitrogen and oxygen atoms in total. The fraction of sp³-hybridized carbons (Fsp3) is 0.706. The predicted octanol–water partition coefficient (Wildman–Crippen LogP) is 2.62. The maximum absolute atomic E-state index is 4.35. The van der Waals surface area contributed by atoms with E-state index in [4.69, 9.17) is 0 Å². The zero-order valence-corrected chi connectivity index (χ0v) is 18.3. The van der Waals surface area contributed by atoms with Gasteiger partial charge in [-0.25, -0.2) is 0 Å². The van der Waals surface area contributed by atoms with E-state index in [2.05, 4.69) is 57.0 Å². The standard InChI is InChI=1S/C17H31N5S.HI/c1-18-17(19-9-7-10-21(2)3)20-14-15(16-8-6-13-23-16)22-11-4-5-12-22;/h6,8,13,15H,4-5,7,9-12,14H2,1-3H3,(H2,18,19,20);1H. The second-order valence-corrected chi connectivity index (χ2v) is 7.29. The number of aliphatic imine (C=N–C) groups is 1. The average Bonchev–Trinajstić information content (AvgIpc) is 3.23. The number of halogens is 1. The van der Waals surface area contributed by atoms with Crippen molar-refractivity contribution in [2.75, 3.05) is 53.9 Å². The van der Waals surface area contributed by atoms with Crippen molar-refractivity contribution < 1.29 is 0 Å². The molecule has 2 rings (SSSR count). The summed E-state index contributed by atoms with van der Waals surface area (Å²) in [6.07, 6.45) is 3.76. The van der Waals surface area contributed by atoms with Crippen molar-refractivity contribution in [1.82, 2.24) is 20.4 Å². The third kappa shape index (κ3) is 7.25. The van der Waals surface area contributed by atoms with E-state index in [0.717, 1.165) is 32.0 Å². The zero-order valence-electron chi connectivity index (χ0n) is 15.1. The molecule has 1 aromatic rings. The number of rotatable bonds is 8. The van der Waals surface area contributed by atoms with E-state index in [-0.39, 0.29) is 24.0 Å². The third-order valence-corrected chi connectivity index (χ3v) is 5.19. The Balaban J connectivity index is 0.00000288. The van der Waals surface area contributed by atoms with Gasteiger partial charge in [0.05, 0.1) is 6.04 Å². The van der Waals surface area contributed by atoms with Crippen LogP contribution in [0, 0.1) is 0 Å². The first-order valence-corrected chi connectivity index (χ1v) is 9.45. The highest BCUT2D eigenvalue weighted by atomic mass is 127. The maximum Gasteiger partial charge on any atom is 0.191 e. The minimum absolute atomic E-state index is 0. The molecule has 0 radical (unpaired) electrons. The maximum atomic E-state index is 4.35. The predicted molar refractivity (Wildman–Crippen MR) is 116 cm³/mol. The van der Waals surface area contributed by atoms with E-state index in [1.165, 1.54) is 30.8 Å². The summed E-state index contributed by atoms with van der Waals surface area (Å²) in [4.78, 5) is 10.6. The summed E-state index contributed by atoms with van der Waals surface area (Å²) in [6, 6.07) is 4.86. The van der Waals surface area contributed by atoms with Crippen molar-refractivity contribution >= 4 is 41.3 Å². The Bertz CT molecular complexity index is 458. The summed E-state index contributed by atoms with van der Waals surface area (Å²) >= 11 is 1.85. The number of hydrogen-bond donors (Lipinski definition) is 2. The summed E-state index contributed by atoms with van der Waals surface area (Å²) < 4.78 is 0. The molecule has 0 bridgehead atoms. The van der Waals surface area contributed by atoms with E-state index in [9.17, 15) is 0 Å². The van der Waals surface area contributed by atoms with Gasteiger partial charge in [-0.1, -0.05) is 6.07 Å². The van der Waals surface area contributed by atoms with Gasteiger partial charge in [-0.3, -0.25) is 9.89 Å². The smallest absolute Gasteiger partial charge is 0.191 e. The molecule has 0 aromatic carbocycles. The first kappa shape index (κ1) is 21.7. The molecule has 24 heavy (non-hydrogen) atoms. The molecule has 1 aliphatic rings. The largest absolute Gasteiger partial charge is 0.356 e. The molecule has 1 aliphatic heterocycles. The summed E-state index contributed by atoms with van der Waals surface area (Å²) in [5.41, 5.74) is 0. The van der Waals surface area contributed by atoms with Gasteiger partial charge in [-0.15, -0.1) is 35.3 Å². The average molecular weight is 465 g/mol. The number of nitrogens with one attached hydrogen (secondary N) is 2. The number of thiophene rings is 1. The highest BCUT2D eigenvalue weighted by molar-refractivity contribution is 14.0. The quantitative estimate of drug-likeness (QED) is 0.268. The number of nitrogens with zero attached hydrogens (tertiary/aromatic N) is 3. The second kappa shape index (κ2) is 12.1. The molecule has 1 aromatic heterocycles. The molecule has 2 heterocycles. The van der Waals surface area contributed by atoms with E-state index in [1.807, 2.05) is 18.4 Å². The van der Waals surface area contributed by atoms with E-state index < -0.39 is 0 Å². The van der Waals surface area contributed by atoms with Crippen LogP contribution >= 0.6 is 35.3 Å². The van der Waals surface area contributed by atoms with Gasteiger partial charge in [0.2, 0.25) is 0 Å². The summed E-state index contributed by atoms with van der Waals surface area (Å²) in [7, 11) is 6.06. The molecule has 1 fully saturated rings. The topological polar surface area (TPSA) is 42.9 Å². The van der Waals surface area contributed by atoms with Crippen LogP contribution in [-0.2, 0) is 0 Å². The van der Waals surface area contributed by atoms with Gasteiger partial charge in [-0.2, -0.15) is 0 Å². The Morgan fingerprint density at radius 3 is 2.67 bits per heavy atom. The van der Waals surface area contributed by atoms with Gasteiger partial charge >= 0.3 is 0 Å². The van der Waals surface area contributed by atoms with Crippen molar-refractivity contribution in [3.05, 3.63) is 22.4 Å². The van der Waals surface area contributed by atoms with Crippen LogP contribution < -0.4 is 10.6 Å². The third-order valence-electron chi connectivity index (χ3n) is 4.21. The van der Waals surface area contributed by atoms with Crippen molar-refractivity contribution in [3.8, 4) is 0 Å². The molecule has 0 saturated carbocycles. The van der Waals surface area contributed by atoms with Gasteiger partial charge in [0.1, 0.15) is 0 Å². The van der Waals surface area contributed by atoms with Crippen LogP contribution in [-0.4, -0.2) is 69.6 Å². The Hall–Kier alpha value is -0.380. The van der Waals surface area contributed by atoms with Crippen LogP contribution in [0.5, 0.6) is 0 Å². The fourth-order valence-electron chi connectivity index (χ4n) is 2.96. The minimum Gasteiger partial charge on any atom is -0.356 e. The Labute approximate surface area is 167 Å². The molecule has 2 N–H and O–H groups in total. The zero-order chi connectivity index (χ0) is 16.5. The van der Waals surface area contributed by atoms with Gasteiger partial charge in [0, 0.05) is 25.0 Å². The SMILES string of the molecule is CN=C(NCCCN(C)C)NCC(c1cccs1)N1CCCC1.I. The van der Waals surface area contributed by atoms with Crippen molar-refractivity contribution in [1.29, 1.82) is 0 Å². The van der Waals surface area contributed by atoms with Crippen molar-refractivity contribution in [2.45, 2.75) is 25.3 Å². The van der Waals surface area contributed by atoms with Crippen molar-refractivity contribution in [3.63, 3.8) is 0 Å². The molecular formula is C17H32IN5S. The highest BCUT2D eigenvalue weighted by Crippen LogP contribution is 2.27.